The van der Waals surface area contributed by atoms with Gasteiger partial charge in [0.1, 0.15) is 35.9 Å². The van der Waals surface area contributed by atoms with Crippen molar-refractivity contribution in [3.63, 3.8) is 0 Å². The van der Waals surface area contributed by atoms with E-state index in [2.05, 4.69) is 11.2 Å². The van der Waals surface area contributed by atoms with Crippen LogP contribution in [0.15, 0.2) is 70.6 Å². The number of sulfone groups is 1. The third-order valence-corrected chi connectivity index (χ3v) is 12.1. The van der Waals surface area contributed by atoms with Crippen molar-refractivity contribution in [2.45, 2.75) is 43.2 Å². The van der Waals surface area contributed by atoms with Crippen molar-refractivity contribution in [2.24, 2.45) is 4.99 Å². The molecule has 2 amide bonds. The van der Waals surface area contributed by atoms with Gasteiger partial charge < -0.3 is 9.64 Å². The van der Waals surface area contributed by atoms with Crippen molar-refractivity contribution in [1.29, 1.82) is 0 Å². The van der Waals surface area contributed by atoms with E-state index in [4.69, 9.17) is 32.9 Å². The number of aliphatic imine (C=N–C) groups is 1. The molecular weight excluding hydrogens is 706 g/mol. The SMILES string of the molecule is CSCCCN1CCN(C(=O)N2C(c3cc(S(C)(=O)=O)c(Cl)cc3OCCF)=N[C@@](C)(c3ccc(C)cc3)[C@@]2(C)c2ccc(Cl)cc2)CC1. The molecule has 0 spiro atoms. The highest BCUT2D eigenvalue weighted by Gasteiger charge is 2.60. The molecule has 13 heteroatoms. The van der Waals surface area contributed by atoms with E-state index in [1.807, 2.05) is 73.8 Å². The fourth-order valence-corrected chi connectivity index (χ4v) is 8.53. The molecule has 2 aliphatic heterocycles. The molecule has 5 rings (SSSR count). The number of alkyl halides is 1. The molecule has 2 aliphatic rings. The highest BCUT2D eigenvalue weighted by atomic mass is 35.5. The second kappa shape index (κ2) is 15.2. The van der Waals surface area contributed by atoms with E-state index >= 15 is 4.79 Å². The summed E-state index contributed by atoms with van der Waals surface area (Å²) in [5.41, 5.74) is 0.636. The lowest BCUT2D eigenvalue weighted by atomic mass is 9.70. The van der Waals surface area contributed by atoms with E-state index in [0.29, 0.717) is 18.1 Å². The van der Waals surface area contributed by atoms with Crippen LogP contribution in [0.2, 0.25) is 10.0 Å². The smallest absolute Gasteiger partial charge is 0.326 e. The third kappa shape index (κ3) is 7.47. The Kier molecular flexibility index (Phi) is 11.6. The molecule has 8 nitrogen and oxygen atoms in total. The van der Waals surface area contributed by atoms with Crippen LogP contribution in [0.25, 0.3) is 0 Å². The monoisotopic (exact) mass is 748 g/mol. The van der Waals surface area contributed by atoms with Gasteiger partial charge >= 0.3 is 6.03 Å². The lowest BCUT2D eigenvalue weighted by Crippen LogP contribution is -2.60. The lowest BCUT2D eigenvalue weighted by Gasteiger charge is -2.47. The zero-order valence-electron chi connectivity index (χ0n) is 28.5. The number of thioether (sulfide) groups is 1. The first-order chi connectivity index (χ1) is 23.2. The van der Waals surface area contributed by atoms with Crippen molar-refractivity contribution in [2.75, 3.05) is 64.3 Å². The topological polar surface area (TPSA) is 82.5 Å². The van der Waals surface area contributed by atoms with Gasteiger partial charge in [0.05, 0.1) is 15.5 Å². The second-order valence-corrected chi connectivity index (χ2v) is 16.6. The van der Waals surface area contributed by atoms with Crippen LogP contribution in [0.4, 0.5) is 9.18 Å². The summed E-state index contributed by atoms with van der Waals surface area (Å²) < 4.78 is 45.3. The molecule has 0 unspecified atom stereocenters. The summed E-state index contributed by atoms with van der Waals surface area (Å²) >= 11 is 14.7. The number of hydrogen-bond donors (Lipinski definition) is 0. The van der Waals surface area contributed by atoms with Gasteiger partial charge in [-0.2, -0.15) is 11.8 Å². The summed E-state index contributed by atoms with van der Waals surface area (Å²) in [7, 11) is -3.82. The normalized spacial score (nSPS) is 21.6. The predicted octanol–water partition coefficient (Wildman–Crippen LogP) is 7.44. The second-order valence-electron chi connectivity index (χ2n) is 12.8. The summed E-state index contributed by atoms with van der Waals surface area (Å²) in [6, 6.07) is 17.8. The molecule has 1 fully saturated rings. The van der Waals surface area contributed by atoms with E-state index in [-0.39, 0.29) is 39.7 Å². The average Bonchev–Trinajstić information content (AvgIpc) is 3.31. The molecule has 2 heterocycles. The number of ether oxygens (including phenoxy) is 1. The molecule has 0 bridgehead atoms. The van der Waals surface area contributed by atoms with Crippen molar-refractivity contribution in [3.8, 4) is 5.75 Å². The number of amides is 2. The number of aryl methyl sites for hydroxylation is 1. The van der Waals surface area contributed by atoms with Crippen LogP contribution >= 0.6 is 35.0 Å². The largest absolute Gasteiger partial charge is 0.490 e. The maximum atomic E-state index is 15.1. The maximum absolute atomic E-state index is 15.1. The number of hydrogen-bond acceptors (Lipinski definition) is 7. The van der Waals surface area contributed by atoms with Crippen molar-refractivity contribution in [1.82, 2.24) is 14.7 Å². The average molecular weight is 750 g/mol. The molecule has 1 saturated heterocycles. The summed E-state index contributed by atoms with van der Waals surface area (Å²) in [4.78, 5) is 26.2. The van der Waals surface area contributed by atoms with Crippen molar-refractivity contribution >= 4 is 56.7 Å². The highest BCUT2D eigenvalue weighted by Crippen LogP contribution is 2.54. The van der Waals surface area contributed by atoms with E-state index in [1.165, 1.54) is 12.1 Å². The number of carbonyl (C=O) groups excluding carboxylic acids is 1. The van der Waals surface area contributed by atoms with Crippen LogP contribution in [-0.4, -0.2) is 99.3 Å². The molecule has 0 saturated carbocycles. The van der Waals surface area contributed by atoms with Crippen LogP contribution in [0.1, 0.15) is 42.5 Å². The Hall–Kier alpha value is -2.83. The molecule has 0 radical (unpaired) electrons. The fourth-order valence-electron chi connectivity index (χ4n) is 6.67. The van der Waals surface area contributed by atoms with Gasteiger partial charge in [-0.1, -0.05) is 65.2 Å². The van der Waals surface area contributed by atoms with E-state index in [1.54, 1.807) is 17.0 Å². The van der Waals surface area contributed by atoms with Gasteiger partial charge in [-0.25, -0.2) is 17.6 Å². The quantitative estimate of drug-likeness (QED) is 0.190. The number of piperazine rings is 1. The van der Waals surface area contributed by atoms with E-state index in [0.717, 1.165) is 54.8 Å². The molecule has 0 aromatic heterocycles. The number of amidine groups is 1. The molecular formula is C36H43Cl2FN4O4S2. The Labute approximate surface area is 303 Å². The Morgan fingerprint density at radius 1 is 1.00 bits per heavy atom. The predicted molar refractivity (Wildman–Crippen MR) is 198 cm³/mol. The van der Waals surface area contributed by atoms with Gasteiger partial charge in [0.15, 0.2) is 9.84 Å². The number of nitrogens with zero attached hydrogens (tertiary/aromatic N) is 4. The minimum absolute atomic E-state index is 0.0732. The first-order valence-corrected chi connectivity index (χ1v) is 20.2. The van der Waals surface area contributed by atoms with Gasteiger partial charge in [-0.05, 0) is 75.1 Å². The zero-order chi connectivity index (χ0) is 35.6. The molecule has 2 atom stereocenters. The number of urea groups is 1. The number of carbonyl (C=O) groups is 1. The highest BCUT2D eigenvalue weighted by molar-refractivity contribution is 7.98. The van der Waals surface area contributed by atoms with Crippen LogP contribution in [0, 0.1) is 6.92 Å². The molecule has 0 aliphatic carbocycles. The van der Waals surface area contributed by atoms with E-state index in [9.17, 15) is 12.8 Å². The van der Waals surface area contributed by atoms with Gasteiger partial charge in [-0.15, -0.1) is 0 Å². The van der Waals surface area contributed by atoms with Gasteiger partial charge in [0.2, 0.25) is 0 Å². The Balaban J connectivity index is 1.74. The first-order valence-electron chi connectivity index (χ1n) is 16.2. The summed E-state index contributed by atoms with van der Waals surface area (Å²) in [5, 5.41) is 0.465. The number of benzene rings is 3. The van der Waals surface area contributed by atoms with Crippen LogP contribution < -0.4 is 4.74 Å². The number of rotatable bonds is 11. The number of halogens is 3. The van der Waals surface area contributed by atoms with Crippen molar-refractivity contribution in [3.05, 3.63) is 93.0 Å². The zero-order valence-corrected chi connectivity index (χ0v) is 31.7. The molecule has 264 valence electrons. The minimum atomic E-state index is -3.82. The van der Waals surface area contributed by atoms with Crippen molar-refractivity contribution < 1.29 is 22.3 Å². The van der Waals surface area contributed by atoms with Crippen LogP contribution in [-0.2, 0) is 20.9 Å². The van der Waals surface area contributed by atoms with Gasteiger partial charge in [0.25, 0.3) is 0 Å². The van der Waals surface area contributed by atoms with Crippen LogP contribution in [0.5, 0.6) is 5.75 Å². The lowest BCUT2D eigenvalue weighted by molar-refractivity contribution is 0.0868. The summed E-state index contributed by atoms with van der Waals surface area (Å²) in [5.74, 6) is 1.40. The molecule has 49 heavy (non-hydrogen) atoms. The first kappa shape index (κ1) is 37.4. The molecule has 3 aromatic carbocycles. The third-order valence-electron chi connectivity index (χ3n) is 9.62. The van der Waals surface area contributed by atoms with Crippen LogP contribution in [0.3, 0.4) is 0 Å². The summed E-state index contributed by atoms with van der Waals surface area (Å²) in [6.07, 6.45) is 4.23. The minimum Gasteiger partial charge on any atom is -0.490 e. The van der Waals surface area contributed by atoms with E-state index < -0.39 is 27.6 Å². The van der Waals surface area contributed by atoms with Gasteiger partial charge in [0, 0.05) is 43.5 Å². The Morgan fingerprint density at radius 3 is 2.22 bits per heavy atom. The molecule has 0 N–H and O–H groups in total. The van der Waals surface area contributed by atoms with Gasteiger partial charge in [-0.3, -0.25) is 14.8 Å². The Morgan fingerprint density at radius 2 is 1.63 bits per heavy atom. The fraction of sp³-hybridized carbons (Fsp3) is 0.444. The maximum Gasteiger partial charge on any atom is 0.326 e. The molecule has 3 aromatic rings. The summed E-state index contributed by atoms with van der Waals surface area (Å²) in [6.45, 7) is 8.25. The standard InChI is InChI=1S/C36H43Cl2FN4O4S2/c1-25-7-9-26(10-8-25)35(2)36(3,27-11-13-28(37)14-12-27)43(34(44)42-19-17-41(18-20-42)16-6-22-48-4)33(40-35)29-23-32(49(5,45)46)30(38)24-31(29)47-21-15-39/h7-14,23-24H,6,15-22H2,1-5H3/t35-,36+/m0/s1. The Bertz CT molecular complexity index is 1800.